The molecule has 0 saturated carbocycles. The summed E-state index contributed by atoms with van der Waals surface area (Å²) in [5.41, 5.74) is 3.86. The van der Waals surface area contributed by atoms with Crippen molar-refractivity contribution < 1.29 is 9.47 Å². The summed E-state index contributed by atoms with van der Waals surface area (Å²) >= 11 is 0. The fourth-order valence-corrected chi connectivity index (χ4v) is 3.66. The van der Waals surface area contributed by atoms with Crippen LogP contribution in [0.3, 0.4) is 0 Å². The summed E-state index contributed by atoms with van der Waals surface area (Å²) in [5.74, 6) is 2.63. The third-order valence-electron chi connectivity index (χ3n) is 5.01. The van der Waals surface area contributed by atoms with Crippen LogP contribution in [-0.4, -0.2) is 27.7 Å². The first-order valence-electron chi connectivity index (χ1n) is 8.96. The van der Waals surface area contributed by atoms with Gasteiger partial charge in [-0.1, -0.05) is 6.07 Å². The maximum absolute atomic E-state index is 5.74. The standard InChI is InChI=1S/C20H20N4O2/c1-4-20(24-6-5-21-13-24)23-12-14(1)11-22-17-3-2-15-9-18-19(10-16(15)17)26-8-7-25-18/h1,4-6,9-10,12-13,17,22H,2-3,7-8,11H2/t17-/m1/s1. The smallest absolute Gasteiger partial charge is 0.161 e. The Morgan fingerprint density at radius 3 is 2.81 bits per heavy atom. The number of hydrogen-bond donors (Lipinski definition) is 1. The number of ether oxygens (including phenoxy) is 2. The highest BCUT2D eigenvalue weighted by atomic mass is 16.6. The monoisotopic (exact) mass is 348 g/mol. The van der Waals surface area contributed by atoms with E-state index in [1.807, 2.05) is 23.0 Å². The summed E-state index contributed by atoms with van der Waals surface area (Å²) in [4.78, 5) is 8.57. The number of hydrogen-bond acceptors (Lipinski definition) is 5. The van der Waals surface area contributed by atoms with Gasteiger partial charge < -0.3 is 14.8 Å². The van der Waals surface area contributed by atoms with Crippen LogP contribution < -0.4 is 14.8 Å². The molecule has 1 aliphatic carbocycles. The molecule has 6 heteroatoms. The summed E-state index contributed by atoms with van der Waals surface area (Å²) < 4.78 is 13.3. The summed E-state index contributed by atoms with van der Waals surface area (Å²) in [6.45, 7) is 2.05. The van der Waals surface area contributed by atoms with E-state index in [2.05, 4.69) is 33.5 Å². The van der Waals surface area contributed by atoms with E-state index in [9.17, 15) is 0 Å². The van der Waals surface area contributed by atoms with Crippen molar-refractivity contribution in [3.63, 3.8) is 0 Å². The van der Waals surface area contributed by atoms with Gasteiger partial charge in [0.25, 0.3) is 0 Å². The first-order valence-corrected chi connectivity index (χ1v) is 8.96. The second-order valence-corrected chi connectivity index (χ2v) is 6.66. The number of nitrogens with one attached hydrogen (secondary N) is 1. The minimum atomic E-state index is 0.342. The molecule has 1 atom stereocenters. The largest absolute Gasteiger partial charge is 0.486 e. The number of rotatable bonds is 4. The Labute approximate surface area is 151 Å². The van der Waals surface area contributed by atoms with E-state index in [4.69, 9.17) is 9.47 Å². The van der Waals surface area contributed by atoms with Crippen molar-refractivity contribution in [1.82, 2.24) is 19.9 Å². The van der Waals surface area contributed by atoms with E-state index < -0.39 is 0 Å². The minimum Gasteiger partial charge on any atom is -0.486 e. The molecular formula is C20H20N4O2. The number of aromatic nitrogens is 3. The number of fused-ring (bicyclic) bond motifs is 2. The Morgan fingerprint density at radius 1 is 1.15 bits per heavy atom. The van der Waals surface area contributed by atoms with Crippen LogP contribution in [0.25, 0.3) is 5.82 Å². The van der Waals surface area contributed by atoms with Gasteiger partial charge in [-0.3, -0.25) is 4.57 Å². The molecule has 0 spiro atoms. The van der Waals surface area contributed by atoms with Crippen LogP contribution in [-0.2, 0) is 13.0 Å². The molecule has 1 N–H and O–H groups in total. The molecule has 26 heavy (non-hydrogen) atoms. The van der Waals surface area contributed by atoms with Crippen LogP contribution in [0, 0.1) is 0 Å². The van der Waals surface area contributed by atoms with Crippen molar-refractivity contribution in [2.75, 3.05) is 13.2 Å². The zero-order valence-corrected chi connectivity index (χ0v) is 14.4. The summed E-state index contributed by atoms with van der Waals surface area (Å²) in [7, 11) is 0. The number of nitrogens with zero attached hydrogens (tertiary/aromatic N) is 3. The number of benzene rings is 1. The van der Waals surface area contributed by atoms with Gasteiger partial charge in [0.1, 0.15) is 25.4 Å². The Hall–Kier alpha value is -2.86. The lowest BCUT2D eigenvalue weighted by atomic mass is 10.1. The fourth-order valence-electron chi connectivity index (χ4n) is 3.66. The van der Waals surface area contributed by atoms with Crippen molar-refractivity contribution in [2.24, 2.45) is 0 Å². The minimum absolute atomic E-state index is 0.342. The average Bonchev–Trinajstić information content (AvgIpc) is 3.35. The van der Waals surface area contributed by atoms with Gasteiger partial charge in [0.2, 0.25) is 0 Å². The van der Waals surface area contributed by atoms with Crippen LogP contribution >= 0.6 is 0 Å². The van der Waals surface area contributed by atoms with Gasteiger partial charge in [-0.05, 0) is 47.7 Å². The van der Waals surface area contributed by atoms with E-state index in [0.717, 1.165) is 36.7 Å². The molecule has 2 aliphatic rings. The van der Waals surface area contributed by atoms with Gasteiger partial charge in [-0.25, -0.2) is 9.97 Å². The summed E-state index contributed by atoms with van der Waals surface area (Å²) in [5, 5.41) is 3.66. The van der Waals surface area contributed by atoms with Gasteiger partial charge in [-0.2, -0.15) is 0 Å². The maximum atomic E-state index is 5.74. The van der Waals surface area contributed by atoms with Crippen LogP contribution in [0.2, 0.25) is 0 Å². The zero-order chi connectivity index (χ0) is 17.3. The molecule has 3 heterocycles. The van der Waals surface area contributed by atoms with Crippen LogP contribution in [0.5, 0.6) is 11.5 Å². The molecule has 0 radical (unpaired) electrons. The van der Waals surface area contributed by atoms with Gasteiger partial charge in [0.15, 0.2) is 11.5 Å². The number of imidazole rings is 1. The molecule has 1 aromatic carbocycles. The van der Waals surface area contributed by atoms with E-state index in [0.29, 0.717) is 19.3 Å². The molecule has 0 bridgehead atoms. The molecule has 0 saturated heterocycles. The van der Waals surface area contributed by atoms with Crippen molar-refractivity contribution >= 4 is 0 Å². The van der Waals surface area contributed by atoms with Gasteiger partial charge in [0, 0.05) is 31.2 Å². The van der Waals surface area contributed by atoms with E-state index >= 15 is 0 Å². The van der Waals surface area contributed by atoms with Crippen LogP contribution in [0.4, 0.5) is 0 Å². The van der Waals surface area contributed by atoms with E-state index in [-0.39, 0.29) is 0 Å². The number of pyridine rings is 1. The maximum Gasteiger partial charge on any atom is 0.161 e. The SMILES string of the molecule is c1cn(-c2ccc(CN[C@@H]3CCc4cc5c(cc43)OCCO5)cn2)cn1. The zero-order valence-electron chi connectivity index (χ0n) is 14.4. The van der Waals surface area contributed by atoms with Gasteiger partial charge in [-0.15, -0.1) is 0 Å². The van der Waals surface area contributed by atoms with Crippen molar-refractivity contribution in [2.45, 2.75) is 25.4 Å². The highest BCUT2D eigenvalue weighted by molar-refractivity contribution is 5.51. The third kappa shape index (κ3) is 2.82. The molecule has 0 amide bonds. The van der Waals surface area contributed by atoms with Gasteiger partial charge in [0.05, 0.1) is 0 Å². The summed E-state index contributed by atoms with van der Waals surface area (Å²) in [6.07, 6.45) is 9.48. The molecule has 132 valence electrons. The Kier molecular flexibility index (Phi) is 3.83. The van der Waals surface area contributed by atoms with Crippen molar-refractivity contribution in [1.29, 1.82) is 0 Å². The molecule has 2 aromatic heterocycles. The van der Waals surface area contributed by atoms with Crippen LogP contribution in [0.15, 0.2) is 49.2 Å². The lowest BCUT2D eigenvalue weighted by molar-refractivity contribution is 0.171. The highest BCUT2D eigenvalue weighted by Gasteiger charge is 2.26. The lowest BCUT2D eigenvalue weighted by Crippen LogP contribution is -2.20. The first-order chi connectivity index (χ1) is 12.9. The molecular weight excluding hydrogens is 328 g/mol. The van der Waals surface area contributed by atoms with Gasteiger partial charge >= 0.3 is 0 Å². The first kappa shape index (κ1) is 15.4. The Bertz CT molecular complexity index is 906. The second-order valence-electron chi connectivity index (χ2n) is 6.66. The fraction of sp³-hybridized carbons (Fsp3) is 0.300. The molecule has 0 fully saturated rings. The molecule has 5 rings (SSSR count). The normalized spacial score (nSPS) is 17.9. The van der Waals surface area contributed by atoms with E-state index in [1.54, 1.807) is 12.5 Å². The van der Waals surface area contributed by atoms with E-state index in [1.165, 1.54) is 16.7 Å². The van der Waals surface area contributed by atoms with Crippen LogP contribution in [0.1, 0.15) is 29.2 Å². The predicted molar refractivity (Wildman–Crippen MR) is 96.7 cm³/mol. The molecule has 0 unspecified atom stereocenters. The van der Waals surface area contributed by atoms with Crippen molar-refractivity contribution in [3.8, 4) is 17.3 Å². The number of aryl methyl sites for hydroxylation is 1. The Balaban J connectivity index is 1.28. The molecule has 6 nitrogen and oxygen atoms in total. The quantitative estimate of drug-likeness (QED) is 0.786. The topological polar surface area (TPSA) is 61.2 Å². The molecule has 1 aliphatic heterocycles. The second kappa shape index (κ2) is 6.46. The third-order valence-corrected chi connectivity index (χ3v) is 5.01. The average molecular weight is 348 g/mol. The van der Waals surface area contributed by atoms with Crippen molar-refractivity contribution in [3.05, 3.63) is 65.9 Å². The summed E-state index contributed by atoms with van der Waals surface area (Å²) in [6, 6.07) is 8.76. The lowest BCUT2D eigenvalue weighted by Gasteiger charge is -2.21. The highest BCUT2D eigenvalue weighted by Crippen LogP contribution is 2.40. The molecule has 3 aromatic rings. The predicted octanol–water partition coefficient (Wildman–Crippen LogP) is 2.82. The Morgan fingerprint density at radius 2 is 2.04 bits per heavy atom.